The Morgan fingerprint density at radius 2 is 1.06 bits per heavy atom. The second kappa shape index (κ2) is 10.9. The van der Waals surface area contributed by atoms with E-state index in [1.54, 1.807) is 60.7 Å². The minimum Gasteiger partial charge on any atom is -0.492 e. The van der Waals surface area contributed by atoms with E-state index in [-0.39, 0.29) is 11.8 Å². The van der Waals surface area contributed by atoms with Gasteiger partial charge in [-0.15, -0.1) is 0 Å². The van der Waals surface area contributed by atoms with E-state index in [1.165, 1.54) is 0 Å². The van der Waals surface area contributed by atoms with Gasteiger partial charge in [0.25, 0.3) is 11.8 Å². The van der Waals surface area contributed by atoms with E-state index in [4.69, 9.17) is 32.7 Å². The second-order valence-electron chi connectivity index (χ2n) is 6.64. The number of amides is 2. The maximum absolute atomic E-state index is 12.5. The minimum absolute atomic E-state index is 0.309. The molecule has 32 heavy (non-hydrogen) atoms. The number of hydrogen-bond acceptors (Lipinski definition) is 4. The van der Waals surface area contributed by atoms with Gasteiger partial charge in [0.05, 0.1) is 23.3 Å². The van der Waals surface area contributed by atoms with Gasteiger partial charge in [-0.2, -0.15) is 0 Å². The number of carbonyl (C=O) groups excluding carboxylic acids is 2. The van der Waals surface area contributed by atoms with Crippen LogP contribution in [0.2, 0.25) is 10.0 Å². The summed E-state index contributed by atoms with van der Waals surface area (Å²) in [5.41, 5.74) is 1.95. The molecule has 3 aromatic carbocycles. The molecule has 0 bridgehead atoms. The Morgan fingerprint density at radius 3 is 1.38 bits per heavy atom. The van der Waals surface area contributed by atoms with Gasteiger partial charge < -0.3 is 20.1 Å². The molecule has 0 fully saturated rings. The summed E-state index contributed by atoms with van der Waals surface area (Å²) < 4.78 is 10.8. The van der Waals surface area contributed by atoms with Crippen LogP contribution in [0.1, 0.15) is 34.6 Å². The van der Waals surface area contributed by atoms with Gasteiger partial charge in [0, 0.05) is 22.5 Å². The molecule has 0 aliphatic carbocycles. The van der Waals surface area contributed by atoms with E-state index >= 15 is 0 Å². The summed E-state index contributed by atoms with van der Waals surface area (Å²) >= 11 is 12.3. The Bertz CT molecular complexity index is 1030. The van der Waals surface area contributed by atoms with Crippen LogP contribution in [0.15, 0.2) is 60.7 Å². The van der Waals surface area contributed by atoms with Gasteiger partial charge >= 0.3 is 0 Å². The molecule has 0 saturated carbocycles. The SMILES string of the molecule is CCOc1ccc(C(=O)Nc2ccc(NC(=O)c3ccc(OCC)c(Cl)c3)cc2)cc1Cl. The van der Waals surface area contributed by atoms with Crippen LogP contribution in [0.3, 0.4) is 0 Å². The number of halogens is 2. The van der Waals surface area contributed by atoms with Crippen LogP contribution in [0.4, 0.5) is 11.4 Å². The molecular weight excluding hydrogens is 451 g/mol. The largest absolute Gasteiger partial charge is 0.492 e. The Labute approximate surface area is 196 Å². The Balaban J connectivity index is 1.62. The van der Waals surface area contributed by atoms with Gasteiger partial charge in [-0.3, -0.25) is 9.59 Å². The van der Waals surface area contributed by atoms with Crippen molar-refractivity contribution in [1.29, 1.82) is 0 Å². The van der Waals surface area contributed by atoms with Gasteiger partial charge in [-0.1, -0.05) is 23.2 Å². The predicted molar refractivity (Wildman–Crippen MR) is 128 cm³/mol. The van der Waals surface area contributed by atoms with Crippen molar-refractivity contribution in [3.05, 3.63) is 81.8 Å². The molecular formula is C24H22Cl2N2O4. The summed E-state index contributed by atoms with van der Waals surface area (Å²) in [6.07, 6.45) is 0. The van der Waals surface area contributed by atoms with Crippen molar-refractivity contribution >= 4 is 46.4 Å². The number of carbonyl (C=O) groups is 2. The summed E-state index contributed by atoms with van der Waals surface area (Å²) in [6.45, 7) is 4.69. The highest BCUT2D eigenvalue weighted by Gasteiger charge is 2.12. The van der Waals surface area contributed by atoms with Crippen LogP contribution in [0, 0.1) is 0 Å². The van der Waals surface area contributed by atoms with Crippen molar-refractivity contribution in [3.8, 4) is 11.5 Å². The third-order valence-electron chi connectivity index (χ3n) is 4.39. The van der Waals surface area contributed by atoms with Crippen molar-refractivity contribution in [2.75, 3.05) is 23.8 Å². The molecule has 0 heterocycles. The third-order valence-corrected chi connectivity index (χ3v) is 4.98. The third kappa shape index (κ3) is 5.93. The molecule has 2 amide bonds. The maximum atomic E-state index is 12.5. The second-order valence-corrected chi connectivity index (χ2v) is 7.46. The molecule has 0 saturated heterocycles. The van der Waals surface area contributed by atoms with Crippen molar-refractivity contribution < 1.29 is 19.1 Å². The van der Waals surface area contributed by atoms with Gasteiger partial charge in [-0.05, 0) is 74.5 Å². The molecule has 0 aliphatic rings. The van der Waals surface area contributed by atoms with E-state index in [2.05, 4.69) is 10.6 Å². The van der Waals surface area contributed by atoms with Crippen LogP contribution in [-0.4, -0.2) is 25.0 Å². The first-order valence-corrected chi connectivity index (χ1v) is 10.7. The summed E-state index contributed by atoms with van der Waals surface area (Å²) in [6, 6.07) is 16.5. The highest BCUT2D eigenvalue weighted by Crippen LogP contribution is 2.27. The Kier molecular flexibility index (Phi) is 7.98. The van der Waals surface area contributed by atoms with Crippen LogP contribution < -0.4 is 20.1 Å². The molecule has 2 N–H and O–H groups in total. The fourth-order valence-corrected chi connectivity index (χ4v) is 3.34. The number of anilines is 2. The van der Waals surface area contributed by atoms with Gasteiger partial charge in [0.1, 0.15) is 11.5 Å². The standard InChI is InChI=1S/C24H22Cl2N2O4/c1-3-31-21-11-5-15(13-19(21)25)23(29)27-17-7-9-18(10-8-17)28-24(30)16-6-12-22(32-4-2)20(26)14-16/h5-14H,3-4H2,1-2H3,(H,27,29)(H,28,30). The smallest absolute Gasteiger partial charge is 0.255 e. The number of nitrogens with one attached hydrogen (secondary N) is 2. The van der Waals surface area contributed by atoms with E-state index in [0.29, 0.717) is 57.3 Å². The van der Waals surface area contributed by atoms with Gasteiger partial charge in [0.2, 0.25) is 0 Å². The molecule has 166 valence electrons. The molecule has 0 spiro atoms. The highest BCUT2D eigenvalue weighted by atomic mass is 35.5. The number of rotatable bonds is 8. The fourth-order valence-electron chi connectivity index (χ4n) is 2.87. The lowest BCUT2D eigenvalue weighted by Crippen LogP contribution is -2.13. The lowest BCUT2D eigenvalue weighted by molar-refractivity contribution is 0.101. The van der Waals surface area contributed by atoms with E-state index in [9.17, 15) is 9.59 Å². The lowest BCUT2D eigenvalue weighted by atomic mass is 10.2. The monoisotopic (exact) mass is 472 g/mol. The van der Waals surface area contributed by atoms with Crippen LogP contribution >= 0.6 is 23.2 Å². The molecule has 3 aromatic rings. The summed E-state index contributed by atoms with van der Waals surface area (Å²) in [5, 5.41) is 6.32. The summed E-state index contributed by atoms with van der Waals surface area (Å²) in [5.74, 6) is 0.436. The zero-order chi connectivity index (χ0) is 23.1. The van der Waals surface area contributed by atoms with Crippen LogP contribution in [0.25, 0.3) is 0 Å². The average molecular weight is 473 g/mol. The number of benzene rings is 3. The number of ether oxygens (including phenoxy) is 2. The Hall–Kier alpha value is -3.22. The molecule has 0 radical (unpaired) electrons. The average Bonchev–Trinajstić information content (AvgIpc) is 2.78. The highest BCUT2D eigenvalue weighted by molar-refractivity contribution is 6.33. The molecule has 0 aliphatic heterocycles. The quantitative estimate of drug-likeness (QED) is 0.403. The normalized spacial score (nSPS) is 10.4. The Morgan fingerprint density at radius 1 is 0.688 bits per heavy atom. The molecule has 3 rings (SSSR count). The van der Waals surface area contributed by atoms with E-state index in [0.717, 1.165) is 0 Å². The fraction of sp³-hybridized carbons (Fsp3) is 0.167. The van der Waals surface area contributed by atoms with Crippen molar-refractivity contribution in [1.82, 2.24) is 0 Å². The molecule has 8 heteroatoms. The zero-order valence-corrected chi connectivity index (χ0v) is 19.1. The molecule has 6 nitrogen and oxygen atoms in total. The molecule has 0 aromatic heterocycles. The van der Waals surface area contributed by atoms with Crippen LogP contribution in [0.5, 0.6) is 11.5 Å². The zero-order valence-electron chi connectivity index (χ0n) is 17.6. The summed E-state index contributed by atoms with van der Waals surface area (Å²) in [4.78, 5) is 25.0. The van der Waals surface area contributed by atoms with Crippen LogP contribution in [-0.2, 0) is 0 Å². The van der Waals surface area contributed by atoms with E-state index in [1.807, 2.05) is 13.8 Å². The summed E-state index contributed by atoms with van der Waals surface area (Å²) in [7, 11) is 0. The van der Waals surface area contributed by atoms with Gasteiger partial charge in [0.15, 0.2) is 0 Å². The van der Waals surface area contributed by atoms with E-state index < -0.39 is 0 Å². The van der Waals surface area contributed by atoms with Crippen molar-refractivity contribution in [3.63, 3.8) is 0 Å². The first kappa shape index (κ1) is 23.4. The molecule has 0 atom stereocenters. The number of hydrogen-bond donors (Lipinski definition) is 2. The predicted octanol–water partition coefficient (Wildman–Crippen LogP) is 6.30. The minimum atomic E-state index is -0.309. The van der Waals surface area contributed by atoms with Crippen molar-refractivity contribution in [2.45, 2.75) is 13.8 Å². The maximum Gasteiger partial charge on any atom is 0.255 e. The molecule has 0 unspecified atom stereocenters. The topological polar surface area (TPSA) is 76.7 Å². The lowest BCUT2D eigenvalue weighted by Gasteiger charge is -2.10. The first-order valence-electron chi connectivity index (χ1n) is 9.98. The van der Waals surface area contributed by atoms with Gasteiger partial charge in [-0.25, -0.2) is 0 Å². The first-order chi connectivity index (χ1) is 15.4. The van der Waals surface area contributed by atoms with Crippen molar-refractivity contribution in [2.24, 2.45) is 0 Å².